The van der Waals surface area contributed by atoms with E-state index in [1.807, 2.05) is 6.20 Å². The number of guanidine groups is 1. The van der Waals surface area contributed by atoms with Crippen molar-refractivity contribution >= 4 is 5.96 Å². The number of nitrogens with zero attached hydrogens (tertiary/aromatic N) is 2. The van der Waals surface area contributed by atoms with Crippen molar-refractivity contribution in [3.8, 4) is 0 Å². The number of rotatable bonds is 7. The highest BCUT2D eigenvalue weighted by atomic mass is 15.1. The minimum absolute atomic E-state index is 0.513. The first-order valence-corrected chi connectivity index (χ1v) is 5.46. The zero-order valence-electron chi connectivity index (χ0n) is 10.2. The van der Waals surface area contributed by atoms with E-state index in [1.54, 1.807) is 7.05 Å². The highest BCUT2D eigenvalue weighted by molar-refractivity contribution is 5.77. The maximum absolute atomic E-state index is 5.50. The molecule has 0 fully saturated rings. The maximum atomic E-state index is 5.50. The normalized spacial score (nSPS) is 11.6. The lowest BCUT2D eigenvalue weighted by Gasteiger charge is -2.24. The van der Waals surface area contributed by atoms with Crippen molar-refractivity contribution in [2.24, 2.45) is 10.7 Å². The van der Waals surface area contributed by atoms with Gasteiger partial charge in [0.05, 0.1) is 0 Å². The summed E-state index contributed by atoms with van der Waals surface area (Å²) in [7, 11) is 1.68. The Balaban J connectivity index is 3.49. The summed E-state index contributed by atoms with van der Waals surface area (Å²) in [5, 5.41) is 3.04. The lowest BCUT2D eigenvalue weighted by Crippen LogP contribution is -2.32. The average Bonchev–Trinajstić information content (AvgIpc) is 2.22. The summed E-state index contributed by atoms with van der Waals surface area (Å²) in [5.41, 5.74) is 5.50. The van der Waals surface area contributed by atoms with Gasteiger partial charge in [0.2, 0.25) is 0 Å². The van der Waals surface area contributed by atoms with Crippen LogP contribution in [0.5, 0.6) is 0 Å². The molecular weight excluding hydrogens is 188 g/mol. The lowest BCUT2D eigenvalue weighted by molar-refractivity contribution is 0.305. The van der Waals surface area contributed by atoms with Crippen molar-refractivity contribution in [1.29, 1.82) is 0 Å². The molecule has 0 spiro atoms. The van der Waals surface area contributed by atoms with E-state index in [-0.39, 0.29) is 0 Å². The predicted octanol–water partition coefficient (Wildman–Crippen LogP) is 1.15. The van der Waals surface area contributed by atoms with Gasteiger partial charge in [0.25, 0.3) is 0 Å². The van der Waals surface area contributed by atoms with Crippen LogP contribution in [0.2, 0.25) is 0 Å². The summed E-state index contributed by atoms with van der Waals surface area (Å²) in [6.45, 7) is 10.1. The minimum atomic E-state index is 0.513. The van der Waals surface area contributed by atoms with Gasteiger partial charge in [0.15, 0.2) is 5.96 Å². The van der Waals surface area contributed by atoms with Gasteiger partial charge in [-0.25, -0.2) is 0 Å². The highest BCUT2D eigenvalue weighted by Crippen LogP contribution is 2.00. The Kier molecular flexibility index (Phi) is 7.50. The van der Waals surface area contributed by atoms with Crippen molar-refractivity contribution < 1.29 is 0 Å². The molecule has 0 aliphatic rings. The van der Waals surface area contributed by atoms with Gasteiger partial charge in [-0.3, -0.25) is 4.99 Å². The Morgan fingerprint density at radius 2 is 2.20 bits per heavy atom. The molecule has 0 aromatic rings. The fraction of sp³-hybridized carbons (Fsp3) is 0.727. The average molecular weight is 212 g/mol. The summed E-state index contributed by atoms with van der Waals surface area (Å²) in [4.78, 5) is 6.06. The van der Waals surface area contributed by atoms with Gasteiger partial charge in [0.1, 0.15) is 0 Å². The second kappa shape index (κ2) is 8.15. The molecule has 15 heavy (non-hydrogen) atoms. The molecule has 0 saturated carbocycles. The molecule has 0 rings (SSSR count). The van der Waals surface area contributed by atoms with Crippen LogP contribution in [0.15, 0.2) is 17.8 Å². The van der Waals surface area contributed by atoms with Crippen LogP contribution in [-0.4, -0.2) is 37.0 Å². The molecule has 0 amide bonds. The molecule has 0 aromatic heterocycles. The molecule has 0 aromatic carbocycles. The second-order valence-electron chi connectivity index (χ2n) is 3.76. The van der Waals surface area contributed by atoms with Gasteiger partial charge in [0, 0.05) is 26.2 Å². The summed E-state index contributed by atoms with van der Waals surface area (Å²) >= 11 is 0. The predicted molar refractivity (Wildman–Crippen MR) is 66.8 cm³/mol. The summed E-state index contributed by atoms with van der Waals surface area (Å²) in [6, 6.07) is 0.526. The van der Waals surface area contributed by atoms with E-state index >= 15 is 0 Å². The number of hydrogen-bond donors (Lipinski definition) is 2. The Hall–Kier alpha value is -1.19. The van der Waals surface area contributed by atoms with Crippen LogP contribution >= 0.6 is 0 Å². The first kappa shape index (κ1) is 13.8. The zero-order chi connectivity index (χ0) is 11.7. The third-order valence-corrected chi connectivity index (χ3v) is 2.29. The molecule has 4 heteroatoms. The van der Waals surface area contributed by atoms with Gasteiger partial charge >= 0.3 is 0 Å². The second-order valence-corrected chi connectivity index (χ2v) is 3.76. The van der Waals surface area contributed by atoms with Crippen molar-refractivity contribution in [2.75, 3.05) is 20.1 Å². The van der Waals surface area contributed by atoms with Crippen molar-refractivity contribution in [2.45, 2.75) is 32.7 Å². The molecule has 0 radical (unpaired) electrons. The fourth-order valence-electron chi connectivity index (χ4n) is 1.28. The smallest absolute Gasteiger partial charge is 0.188 e. The van der Waals surface area contributed by atoms with E-state index in [9.17, 15) is 0 Å². The highest BCUT2D eigenvalue weighted by Gasteiger charge is 2.02. The zero-order valence-corrected chi connectivity index (χ0v) is 10.2. The van der Waals surface area contributed by atoms with E-state index in [4.69, 9.17) is 5.73 Å². The van der Waals surface area contributed by atoms with Gasteiger partial charge in [-0.05, 0) is 32.9 Å². The monoisotopic (exact) mass is 212 g/mol. The van der Waals surface area contributed by atoms with Crippen molar-refractivity contribution in [3.05, 3.63) is 12.8 Å². The molecule has 0 aliphatic heterocycles. The summed E-state index contributed by atoms with van der Waals surface area (Å²) in [6.07, 6.45) is 4.13. The lowest BCUT2D eigenvalue weighted by atomic mass is 10.2. The van der Waals surface area contributed by atoms with E-state index in [1.165, 1.54) is 0 Å². The van der Waals surface area contributed by atoms with Crippen LogP contribution in [0.3, 0.4) is 0 Å². The van der Waals surface area contributed by atoms with Crippen LogP contribution in [0.4, 0.5) is 0 Å². The van der Waals surface area contributed by atoms with Crippen LogP contribution in [-0.2, 0) is 0 Å². The molecule has 3 N–H and O–H groups in total. The molecule has 0 atom stereocenters. The van der Waals surface area contributed by atoms with Gasteiger partial charge in [-0.2, -0.15) is 0 Å². The van der Waals surface area contributed by atoms with Crippen LogP contribution in [0.1, 0.15) is 26.7 Å². The molecule has 0 aliphatic carbocycles. The standard InChI is InChI=1S/C11H24N4/c1-5-15(10(2)3)9-7-6-8-14-11(12)13-4/h5,10H,1,6-9H2,2-4H3,(H3,12,13,14). The van der Waals surface area contributed by atoms with Gasteiger partial charge in [-0.1, -0.05) is 6.58 Å². The SMILES string of the molecule is C=CN(CCCCN/C(N)=N/C)C(C)C. The van der Waals surface area contributed by atoms with Gasteiger partial charge in [-0.15, -0.1) is 0 Å². The molecular formula is C11H24N4. The fourth-order valence-corrected chi connectivity index (χ4v) is 1.28. The third-order valence-electron chi connectivity index (χ3n) is 2.29. The molecule has 88 valence electrons. The molecule has 0 bridgehead atoms. The number of aliphatic imine (C=N–C) groups is 1. The van der Waals surface area contributed by atoms with Crippen LogP contribution in [0, 0.1) is 0 Å². The molecule has 0 unspecified atom stereocenters. The Bertz CT molecular complexity index is 199. The Morgan fingerprint density at radius 3 is 2.67 bits per heavy atom. The first-order valence-electron chi connectivity index (χ1n) is 5.46. The van der Waals surface area contributed by atoms with Gasteiger partial charge < -0.3 is 16.0 Å². The Labute approximate surface area is 93.2 Å². The topological polar surface area (TPSA) is 53.6 Å². The summed E-state index contributed by atoms with van der Waals surface area (Å²) in [5.74, 6) is 0.513. The quantitative estimate of drug-likeness (QED) is 0.378. The first-order chi connectivity index (χ1) is 7.11. The van der Waals surface area contributed by atoms with Crippen molar-refractivity contribution in [3.63, 3.8) is 0 Å². The summed E-state index contributed by atoms with van der Waals surface area (Å²) < 4.78 is 0. The minimum Gasteiger partial charge on any atom is -0.376 e. The third kappa shape index (κ3) is 6.82. The van der Waals surface area contributed by atoms with Crippen molar-refractivity contribution in [1.82, 2.24) is 10.2 Å². The van der Waals surface area contributed by atoms with E-state index in [0.29, 0.717) is 12.0 Å². The van der Waals surface area contributed by atoms with E-state index < -0.39 is 0 Å². The number of hydrogen-bond acceptors (Lipinski definition) is 2. The Morgan fingerprint density at radius 1 is 1.53 bits per heavy atom. The molecule has 0 heterocycles. The van der Waals surface area contributed by atoms with Crippen LogP contribution in [0.25, 0.3) is 0 Å². The number of nitrogens with one attached hydrogen (secondary N) is 1. The molecule has 0 saturated heterocycles. The largest absolute Gasteiger partial charge is 0.376 e. The number of unbranched alkanes of at least 4 members (excludes halogenated alkanes) is 1. The van der Waals surface area contributed by atoms with E-state index in [2.05, 4.69) is 35.6 Å². The van der Waals surface area contributed by atoms with Crippen LogP contribution < -0.4 is 11.1 Å². The number of nitrogens with two attached hydrogens (primary N) is 1. The van der Waals surface area contributed by atoms with E-state index in [0.717, 1.165) is 25.9 Å². The molecule has 4 nitrogen and oxygen atoms in total. The maximum Gasteiger partial charge on any atom is 0.188 e.